The van der Waals surface area contributed by atoms with Gasteiger partial charge in [-0.1, -0.05) is 19.9 Å². The number of benzene rings is 1. The molecule has 1 aromatic carbocycles. The van der Waals surface area contributed by atoms with Gasteiger partial charge >= 0.3 is 0 Å². The van der Waals surface area contributed by atoms with Gasteiger partial charge in [-0.15, -0.1) is 0 Å². The Morgan fingerprint density at radius 3 is 2.74 bits per heavy atom. The Morgan fingerprint density at radius 2 is 2.11 bits per heavy atom. The van der Waals surface area contributed by atoms with Crippen LogP contribution in [0.2, 0.25) is 0 Å². The highest BCUT2D eigenvalue weighted by atomic mass is 16.5. The average Bonchev–Trinajstić information content (AvgIpc) is 2.36. The van der Waals surface area contributed by atoms with Crippen molar-refractivity contribution in [3.63, 3.8) is 0 Å². The largest absolute Gasteiger partial charge is 0.495 e. The number of methoxy groups -OCH3 is 1. The van der Waals surface area contributed by atoms with Gasteiger partial charge in [0.05, 0.1) is 12.8 Å². The van der Waals surface area contributed by atoms with Crippen molar-refractivity contribution in [2.24, 2.45) is 5.92 Å². The van der Waals surface area contributed by atoms with E-state index in [0.29, 0.717) is 18.9 Å². The Morgan fingerprint density at radius 1 is 1.37 bits per heavy atom. The Kier molecular flexibility index (Phi) is 6.19. The standard InChI is InChI=1S/C15H24N2O2/c1-11(2)10-17-15(18)7-8-16-13-9-12(3)5-6-14(13)19-4/h5-6,9,11,16H,7-8,10H2,1-4H3,(H,17,18). The van der Waals surface area contributed by atoms with Gasteiger partial charge in [0.25, 0.3) is 0 Å². The van der Waals surface area contributed by atoms with Gasteiger partial charge in [0.1, 0.15) is 5.75 Å². The molecule has 0 saturated heterocycles. The number of nitrogens with one attached hydrogen (secondary N) is 2. The van der Waals surface area contributed by atoms with E-state index in [-0.39, 0.29) is 5.91 Å². The number of hydrogen-bond acceptors (Lipinski definition) is 3. The summed E-state index contributed by atoms with van der Waals surface area (Å²) < 4.78 is 5.27. The first-order valence-corrected chi connectivity index (χ1v) is 6.68. The summed E-state index contributed by atoms with van der Waals surface area (Å²) in [5, 5.41) is 6.14. The Balaban J connectivity index is 2.40. The lowest BCUT2D eigenvalue weighted by Gasteiger charge is -2.12. The van der Waals surface area contributed by atoms with Crippen LogP contribution in [-0.4, -0.2) is 26.1 Å². The second kappa shape index (κ2) is 7.67. The zero-order valence-electron chi connectivity index (χ0n) is 12.2. The van der Waals surface area contributed by atoms with Crippen molar-refractivity contribution in [1.29, 1.82) is 0 Å². The first-order chi connectivity index (χ1) is 9.02. The fourth-order valence-corrected chi connectivity index (χ4v) is 1.68. The molecule has 0 spiro atoms. The molecule has 0 bridgehead atoms. The SMILES string of the molecule is COc1ccc(C)cc1NCCC(=O)NCC(C)C. The fraction of sp³-hybridized carbons (Fsp3) is 0.533. The molecule has 0 aliphatic rings. The third-order valence-electron chi connectivity index (χ3n) is 2.73. The predicted octanol–water partition coefficient (Wildman–Crippen LogP) is 2.58. The van der Waals surface area contributed by atoms with Crippen molar-refractivity contribution in [3.8, 4) is 5.75 Å². The van der Waals surface area contributed by atoms with E-state index in [1.54, 1.807) is 7.11 Å². The maximum Gasteiger partial charge on any atom is 0.221 e. The van der Waals surface area contributed by atoms with Crippen molar-refractivity contribution in [2.75, 3.05) is 25.5 Å². The quantitative estimate of drug-likeness (QED) is 0.796. The molecular formula is C15H24N2O2. The lowest BCUT2D eigenvalue weighted by molar-refractivity contribution is -0.120. The minimum Gasteiger partial charge on any atom is -0.495 e. The van der Waals surface area contributed by atoms with E-state index in [9.17, 15) is 4.79 Å². The molecule has 0 heterocycles. The molecule has 1 amide bonds. The molecule has 0 saturated carbocycles. The Bertz CT molecular complexity index is 417. The van der Waals surface area contributed by atoms with Crippen LogP contribution in [0.3, 0.4) is 0 Å². The average molecular weight is 264 g/mol. The van der Waals surface area contributed by atoms with E-state index in [1.165, 1.54) is 0 Å². The minimum absolute atomic E-state index is 0.0767. The molecule has 1 aromatic rings. The van der Waals surface area contributed by atoms with Crippen molar-refractivity contribution in [3.05, 3.63) is 23.8 Å². The number of anilines is 1. The first-order valence-electron chi connectivity index (χ1n) is 6.68. The van der Waals surface area contributed by atoms with E-state index < -0.39 is 0 Å². The van der Waals surface area contributed by atoms with Crippen molar-refractivity contribution >= 4 is 11.6 Å². The van der Waals surface area contributed by atoms with E-state index in [4.69, 9.17) is 4.74 Å². The van der Waals surface area contributed by atoms with Gasteiger partial charge < -0.3 is 15.4 Å². The number of amides is 1. The summed E-state index contributed by atoms with van der Waals surface area (Å²) in [5.74, 6) is 1.36. The summed E-state index contributed by atoms with van der Waals surface area (Å²) in [7, 11) is 1.64. The highest BCUT2D eigenvalue weighted by Gasteiger charge is 2.05. The predicted molar refractivity (Wildman–Crippen MR) is 78.7 cm³/mol. The van der Waals surface area contributed by atoms with Gasteiger partial charge in [-0.25, -0.2) is 0 Å². The summed E-state index contributed by atoms with van der Waals surface area (Å²) in [6.45, 7) is 7.52. The van der Waals surface area contributed by atoms with E-state index in [0.717, 1.165) is 23.5 Å². The molecule has 0 atom stereocenters. The highest BCUT2D eigenvalue weighted by molar-refractivity contribution is 5.76. The van der Waals surface area contributed by atoms with Crippen LogP contribution in [0, 0.1) is 12.8 Å². The Hall–Kier alpha value is -1.71. The van der Waals surface area contributed by atoms with Crippen LogP contribution in [0.4, 0.5) is 5.69 Å². The summed E-state index contributed by atoms with van der Waals surface area (Å²) in [4.78, 5) is 11.6. The summed E-state index contributed by atoms with van der Waals surface area (Å²) in [6, 6.07) is 5.95. The molecule has 0 radical (unpaired) electrons. The van der Waals surface area contributed by atoms with Gasteiger partial charge in [-0.2, -0.15) is 0 Å². The molecule has 2 N–H and O–H groups in total. The minimum atomic E-state index is 0.0767. The summed E-state index contributed by atoms with van der Waals surface area (Å²) in [5.41, 5.74) is 2.09. The molecule has 19 heavy (non-hydrogen) atoms. The molecule has 0 aliphatic heterocycles. The second-order valence-corrected chi connectivity index (χ2v) is 5.08. The van der Waals surface area contributed by atoms with Crippen molar-refractivity contribution in [1.82, 2.24) is 5.32 Å². The number of ether oxygens (including phenoxy) is 1. The third kappa shape index (κ3) is 5.64. The molecule has 4 heteroatoms. The summed E-state index contributed by atoms with van der Waals surface area (Å²) >= 11 is 0. The zero-order valence-corrected chi connectivity index (χ0v) is 12.2. The maximum absolute atomic E-state index is 11.6. The number of carbonyl (C=O) groups is 1. The van der Waals surface area contributed by atoms with Gasteiger partial charge in [-0.05, 0) is 30.5 Å². The van der Waals surface area contributed by atoms with Gasteiger partial charge in [0.15, 0.2) is 0 Å². The van der Waals surface area contributed by atoms with Crippen molar-refractivity contribution < 1.29 is 9.53 Å². The normalized spacial score (nSPS) is 10.4. The molecule has 0 unspecified atom stereocenters. The van der Waals surface area contributed by atoms with Crippen LogP contribution in [0.1, 0.15) is 25.8 Å². The van der Waals surface area contributed by atoms with Gasteiger partial charge in [0.2, 0.25) is 5.91 Å². The molecule has 0 fully saturated rings. The molecule has 1 rings (SSSR count). The highest BCUT2D eigenvalue weighted by Crippen LogP contribution is 2.24. The van der Waals surface area contributed by atoms with Crippen LogP contribution in [0.25, 0.3) is 0 Å². The van der Waals surface area contributed by atoms with Crippen LogP contribution in [-0.2, 0) is 4.79 Å². The summed E-state index contributed by atoms with van der Waals surface area (Å²) in [6.07, 6.45) is 0.462. The van der Waals surface area contributed by atoms with E-state index in [2.05, 4.69) is 24.5 Å². The zero-order chi connectivity index (χ0) is 14.3. The molecule has 106 valence electrons. The lowest BCUT2D eigenvalue weighted by Crippen LogP contribution is -2.28. The smallest absolute Gasteiger partial charge is 0.221 e. The maximum atomic E-state index is 11.6. The monoisotopic (exact) mass is 264 g/mol. The topological polar surface area (TPSA) is 50.4 Å². The number of aryl methyl sites for hydroxylation is 1. The van der Waals surface area contributed by atoms with Gasteiger partial charge in [-0.3, -0.25) is 4.79 Å². The second-order valence-electron chi connectivity index (χ2n) is 5.08. The molecule has 4 nitrogen and oxygen atoms in total. The number of rotatable bonds is 7. The van der Waals surface area contributed by atoms with Crippen molar-refractivity contribution in [2.45, 2.75) is 27.2 Å². The van der Waals surface area contributed by atoms with Gasteiger partial charge in [0, 0.05) is 19.5 Å². The Labute approximate surface area is 115 Å². The lowest BCUT2D eigenvalue weighted by atomic mass is 10.2. The molecular weight excluding hydrogens is 240 g/mol. The first kappa shape index (κ1) is 15.3. The third-order valence-corrected chi connectivity index (χ3v) is 2.73. The molecule has 0 aromatic heterocycles. The van der Waals surface area contributed by atoms with Crippen LogP contribution < -0.4 is 15.4 Å². The number of hydrogen-bond donors (Lipinski definition) is 2. The number of carbonyl (C=O) groups excluding carboxylic acids is 1. The molecule has 0 aliphatic carbocycles. The fourth-order valence-electron chi connectivity index (χ4n) is 1.68. The van der Waals surface area contributed by atoms with Crippen LogP contribution in [0.5, 0.6) is 5.75 Å². The van der Waals surface area contributed by atoms with Crippen LogP contribution >= 0.6 is 0 Å². The van der Waals surface area contributed by atoms with E-state index in [1.807, 2.05) is 25.1 Å². The van der Waals surface area contributed by atoms with E-state index >= 15 is 0 Å². The van der Waals surface area contributed by atoms with Crippen LogP contribution in [0.15, 0.2) is 18.2 Å².